The monoisotopic (exact) mass is 496 g/mol. The lowest BCUT2D eigenvalue weighted by Gasteiger charge is -2.13. The Bertz CT molecular complexity index is 1310. The van der Waals surface area contributed by atoms with Crippen LogP contribution in [0.5, 0.6) is 5.75 Å². The average molecular weight is 497 g/mol. The number of fused-ring (bicyclic) bond motifs is 1. The van der Waals surface area contributed by atoms with Gasteiger partial charge in [0.25, 0.3) is 11.8 Å². The molecule has 0 radical (unpaired) electrons. The number of rotatable bonds is 5. The maximum atomic E-state index is 13.0. The SMILES string of the molecule is COc1ccc2nc(NC(=O)c3cccc(C)c3NC(=O)c3cncc(Br)c3)sc2c1. The van der Waals surface area contributed by atoms with Crippen molar-refractivity contribution in [3.63, 3.8) is 0 Å². The lowest BCUT2D eigenvalue weighted by atomic mass is 10.1. The molecule has 4 rings (SSSR count). The summed E-state index contributed by atoms with van der Waals surface area (Å²) >= 11 is 4.66. The molecule has 9 heteroatoms. The number of carbonyl (C=O) groups is 2. The Hall–Kier alpha value is -3.30. The van der Waals surface area contributed by atoms with E-state index in [-0.39, 0.29) is 11.8 Å². The molecule has 7 nitrogen and oxygen atoms in total. The minimum atomic E-state index is -0.364. The smallest absolute Gasteiger partial charge is 0.259 e. The molecule has 2 N–H and O–H groups in total. The van der Waals surface area contributed by atoms with Gasteiger partial charge in [0.15, 0.2) is 5.13 Å². The number of benzene rings is 2. The third kappa shape index (κ3) is 4.57. The maximum Gasteiger partial charge on any atom is 0.259 e. The number of aryl methyl sites for hydroxylation is 1. The van der Waals surface area contributed by atoms with Crippen molar-refractivity contribution in [3.8, 4) is 5.75 Å². The summed E-state index contributed by atoms with van der Waals surface area (Å²) in [5.74, 6) is 0.00127. The highest BCUT2D eigenvalue weighted by molar-refractivity contribution is 9.10. The largest absolute Gasteiger partial charge is 0.497 e. The number of amides is 2. The number of para-hydroxylation sites is 1. The zero-order chi connectivity index (χ0) is 22.0. The van der Waals surface area contributed by atoms with Gasteiger partial charge < -0.3 is 10.1 Å². The number of hydrogen-bond donors (Lipinski definition) is 2. The Morgan fingerprint density at radius 1 is 1.06 bits per heavy atom. The van der Waals surface area contributed by atoms with Crippen molar-refractivity contribution in [2.75, 3.05) is 17.7 Å². The van der Waals surface area contributed by atoms with Gasteiger partial charge in [0.1, 0.15) is 5.75 Å². The Labute approximate surface area is 190 Å². The molecule has 0 fully saturated rings. The van der Waals surface area contributed by atoms with Crippen LogP contribution >= 0.6 is 27.3 Å². The number of ether oxygens (including phenoxy) is 1. The Morgan fingerprint density at radius 3 is 2.68 bits per heavy atom. The molecule has 156 valence electrons. The van der Waals surface area contributed by atoms with Crippen LogP contribution in [0.25, 0.3) is 10.2 Å². The van der Waals surface area contributed by atoms with Gasteiger partial charge in [-0.05, 0) is 58.7 Å². The van der Waals surface area contributed by atoms with E-state index < -0.39 is 0 Å². The van der Waals surface area contributed by atoms with Crippen LogP contribution in [0.4, 0.5) is 10.8 Å². The lowest BCUT2D eigenvalue weighted by Crippen LogP contribution is -2.19. The van der Waals surface area contributed by atoms with Crippen LogP contribution in [0.15, 0.2) is 59.3 Å². The maximum absolute atomic E-state index is 13.0. The number of pyridine rings is 1. The molecular formula is C22H17BrN4O3S. The van der Waals surface area contributed by atoms with Crippen LogP contribution in [0, 0.1) is 6.92 Å². The summed E-state index contributed by atoms with van der Waals surface area (Å²) in [5.41, 5.74) is 2.68. The van der Waals surface area contributed by atoms with Crippen molar-refractivity contribution < 1.29 is 14.3 Å². The molecule has 2 aromatic heterocycles. The number of thiazole rings is 1. The fraction of sp³-hybridized carbons (Fsp3) is 0.0909. The number of nitrogens with one attached hydrogen (secondary N) is 2. The summed E-state index contributed by atoms with van der Waals surface area (Å²) in [7, 11) is 1.60. The highest BCUT2D eigenvalue weighted by Crippen LogP contribution is 2.30. The fourth-order valence-corrected chi connectivity index (χ4v) is 4.25. The topological polar surface area (TPSA) is 93.2 Å². The molecule has 0 aliphatic heterocycles. The molecule has 31 heavy (non-hydrogen) atoms. The minimum absolute atomic E-state index is 0.341. The molecule has 0 saturated heterocycles. The fourth-order valence-electron chi connectivity index (χ4n) is 2.99. The zero-order valence-corrected chi connectivity index (χ0v) is 19.0. The molecule has 0 aliphatic carbocycles. The lowest BCUT2D eigenvalue weighted by molar-refractivity contribution is 0.102. The molecule has 0 spiro atoms. The molecule has 0 atom stereocenters. The average Bonchev–Trinajstić information content (AvgIpc) is 3.16. The summed E-state index contributed by atoms with van der Waals surface area (Å²) in [6.45, 7) is 1.83. The number of methoxy groups -OCH3 is 1. The number of hydrogen-bond acceptors (Lipinski definition) is 6. The van der Waals surface area contributed by atoms with Gasteiger partial charge in [0.2, 0.25) is 0 Å². The molecule has 2 heterocycles. The number of aromatic nitrogens is 2. The van der Waals surface area contributed by atoms with Crippen LogP contribution < -0.4 is 15.4 Å². The molecule has 0 unspecified atom stereocenters. The highest BCUT2D eigenvalue weighted by Gasteiger charge is 2.18. The summed E-state index contributed by atoms with van der Waals surface area (Å²) < 4.78 is 6.82. The van der Waals surface area contributed by atoms with E-state index in [0.29, 0.717) is 26.4 Å². The molecule has 0 saturated carbocycles. The first kappa shape index (κ1) is 21.0. The van der Waals surface area contributed by atoms with Crippen molar-refractivity contribution in [3.05, 3.63) is 76.0 Å². The first-order valence-electron chi connectivity index (χ1n) is 9.22. The zero-order valence-electron chi connectivity index (χ0n) is 16.6. The van der Waals surface area contributed by atoms with E-state index in [1.54, 1.807) is 31.5 Å². The van der Waals surface area contributed by atoms with Crippen LogP contribution in [0.1, 0.15) is 26.3 Å². The van der Waals surface area contributed by atoms with Crippen molar-refractivity contribution in [1.29, 1.82) is 0 Å². The molecular weight excluding hydrogens is 480 g/mol. The Balaban J connectivity index is 1.60. The van der Waals surface area contributed by atoms with E-state index in [4.69, 9.17) is 4.74 Å². The predicted molar refractivity (Wildman–Crippen MR) is 125 cm³/mol. The molecule has 2 amide bonds. The molecule has 4 aromatic rings. The van der Waals surface area contributed by atoms with E-state index in [0.717, 1.165) is 21.5 Å². The quantitative estimate of drug-likeness (QED) is 0.392. The third-order valence-electron chi connectivity index (χ3n) is 4.54. The minimum Gasteiger partial charge on any atom is -0.497 e. The van der Waals surface area contributed by atoms with Crippen molar-refractivity contribution in [1.82, 2.24) is 9.97 Å². The third-order valence-corrected chi connectivity index (χ3v) is 5.91. The number of halogens is 1. The van der Waals surface area contributed by atoms with E-state index in [9.17, 15) is 9.59 Å². The number of anilines is 2. The first-order valence-corrected chi connectivity index (χ1v) is 10.8. The van der Waals surface area contributed by atoms with Gasteiger partial charge in [-0.2, -0.15) is 0 Å². The van der Waals surface area contributed by atoms with Crippen LogP contribution in [-0.4, -0.2) is 28.9 Å². The standard InChI is InChI=1S/C22H17BrN4O3S/c1-12-4-3-5-16(19(12)26-20(28)13-8-14(23)11-24-10-13)21(29)27-22-25-17-7-6-15(30-2)9-18(17)31-22/h3-11H,1-2H3,(H,26,28)(H,25,27,29). The molecule has 0 bridgehead atoms. The summed E-state index contributed by atoms with van der Waals surface area (Å²) in [6.07, 6.45) is 3.06. The van der Waals surface area contributed by atoms with E-state index in [1.807, 2.05) is 31.2 Å². The van der Waals surface area contributed by atoms with Gasteiger partial charge >= 0.3 is 0 Å². The van der Waals surface area contributed by atoms with Crippen LogP contribution in [0.2, 0.25) is 0 Å². The second-order valence-corrected chi connectivity index (χ2v) is 8.60. The normalized spacial score (nSPS) is 10.7. The predicted octanol–water partition coefficient (Wildman–Crippen LogP) is 5.28. The van der Waals surface area contributed by atoms with E-state index in [2.05, 4.69) is 36.5 Å². The van der Waals surface area contributed by atoms with Crippen LogP contribution in [0.3, 0.4) is 0 Å². The number of carbonyl (C=O) groups excluding carboxylic acids is 2. The Kier molecular flexibility index (Phi) is 5.97. The second-order valence-electron chi connectivity index (χ2n) is 6.65. The highest BCUT2D eigenvalue weighted by atomic mass is 79.9. The summed E-state index contributed by atoms with van der Waals surface area (Å²) in [6, 6.07) is 12.4. The van der Waals surface area contributed by atoms with Gasteiger partial charge in [-0.1, -0.05) is 23.5 Å². The number of nitrogens with zero attached hydrogens (tertiary/aromatic N) is 2. The van der Waals surface area contributed by atoms with E-state index >= 15 is 0 Å². The van der Waals surface area contributed by atoms with Gasteiger partial charge in [-0.15, -0.1) is 0 Å². The Morgan fingerprint density at radius 2 is 1.90 bits per heavy atom. The van der Waals surface area contributed by atoms with Crippen LogP contribution in [-0.2, 0) is 0 Å². The van der Waals surface area contributed by atoms with Crippen molar-refractivity contribution in [2.24, 2.45) is 0 Å². The van der Waals surface area contributed by atoms with E-state index in [1.165, 1.54) is 17.5 Å². The summed E-state index contributed by atoms with van der Waals surface area (Å²) in [5, 5.41) is 6.13. The second kappa shape index (κ2) is 8.83. The molecule has 0 aliphatic rings. The van der Waals surface area contributed by atoms with Crippen molar-refractivity contribution >= 4 is 60.1 Å². The summed E-state index contributed by atoms with van der Waals surface area (Å²) in [4.78, 5) is 34.2. The van der Waals surface area contributed by atoms with Crippen molar-refractivity contribution in [2.45, 2.75) is 6.92 Å². The first-order chi connectivity index (χ1) is 14.9. The molecule has 2 aromatic carbocycles. The van der Waals surface area contributed by atoms with Gasteiger partial charge in [-0.3, -0.25) is 19.9 Å². The van der Waals surface area contributed by atoms with Gasteiger partial charge in [0, 0.05) is 16.9 Å². The van der Waals surface area contributed by atoms with Gasteiger partial charge in [-0.25, -0.2) is 4.98 Å². The van der Waals surface area contributed by atoms with Gasteiger partial charge in [0.05, 0.1) is 34.1 Å².